The summed E-state index contributed by atoms with van der Waals surface area (Å²) in [4.78, 5) is 9.00. The minimum absolute atomic E-state index is 0.795. The Labute approximate surface area is 102 Å². The normalized spacial score (nSPS) is 21.8. The highest BCUT2D eigenvalue weighted by molar-refractivity contribution is 5.66. The zero-order valence-corrected chi connectivity index (χ0v) is 10.2. The Morgan fingerprint density at radius 3 is 2.65 bits per heavy atom. The van der Waals surface area contributed by atoms with Crippen LogP contribution in [0.2, 0.25) is 0 Å². The van der Waals surface area contributed by atoms with Gasteiger partial charge in [-0.3, -0.25) is 9.88 Å². The number of hydrogen-bond donors (Lipinski definition) is 1. The van der Waals surface area contributed by atoms with E-state index in [1.165, 1.54) is 19.4 Å². The van der Waals surface area contributed by atoms with Gasteiger partial charge < -0.3 is 10.6 Å². The third-order valence-electron chi connectivity index (χ3n) is 3.75. The summed E-state index contributed by atoms with van der Waals surface area (Å²) in [5.41, 5.74) is 7.90. The molecule has 1 aliphatic carbocycles. The highest BCUT2D eigenvalue weighted by Crippen LogP contribution is 2.30. The number of pyridine rings is 1. The largest absolute Gasteiger partial charge is 0.396 e. The zero-order valence-electron chi connectivity index (χ0n) is 10.2. The fraction of sp³-hybridized carbons (Fsp3) is 0.615. The highest BCUT2D eigenvalue weighted by Gasteiger charge is 2.26. The minimum atomic E-state index is 0.795. The lowest BCUT2D eigenvalue weighted by Gasteiger charge is -2.36. The standard InChI is InChI=1S/C13H20N4/c14-12-9-15-4-3-13(12)17-7-5-16(6-8-17)10-11-1-2-11/h3-4,9,11H,1-2,5-8,10,14H2. The van der Waals surface area contributed by atoms with Crippen molar-refractivity contribution < 1.29 is 0 Å². The van der Waals surface area contributed by atoms with Crippen molar-refractivity contribution in [2.24, 2.45) is 5.92 Å². The third kappa shape index (κ3) is 2.52. The number of nitrogens with two attached hydrogens (primary N) is 1. The van der Waals surface area contributed by atoms with Gasteiger partial charge in [-0.1, -0.05) is 0 Å². The van der Waals surface area contributed by atoms with Crippen LogP contribution in [-0.4, -0.2) is 42.6 Å². The van der Waals surface area contributed by atoms with Gasteiger partial charge in [-0.25, -0.2) is 0 Å². The second kappa shape index (κ2) is 4.53. The molecule has 0 unspecified atom stereocenters. The van der Waals surface area contributed by atoms with Gasteiger partial charge in [-0.05, 0) is 24.8 Å². The lowest BCUT2D eigenvalue weighted by Crippen LogP contribution is -2.47. The Morgan fingerprint density at radius 1 is 1.24 bits per heavy atom. The average molecular weight is 232 g/mol. The number of anilines is 2. The maximum atomic E-state index is 5.96. The molecule has 1 aliphatic heterocycles. The van der Waals surface area contributed by atoms with E-state index in [4.69, 9.17) is 5.73 Å². The Balaban J connectivity index is 1.58. The molecule has 1 aromatic heterocycles. The summed E-state index contributed by atoms with van der Waals surface area (Å²) in [7, 11) is 0. The Hall–Kier alpha value is -1.29. The van der Waals surface area contributed by atoms with E-state index in [1.54, 1.807) is 6.20 Å². The lowest BCUT2D eigenvalue weighted by molar-refractivity contribution is 0.248. The SMILES string of the molecule is Nc1cnccc1N1CCN(CC2CC2)CC1. The van der Waals surface area contributed by atoms with E-state index in [0.717, 1.165) is 43.5 Å². The molecule has 0 amide bonds. The summed E-state index contributed by atoms with van der Waals surface area (Å²) in [5.74, 6) is 0.993. The van der Waals surface area contributed by atoms with Crippen LogP contribution in [-0.2, 0) is 0 Å². The predicted octanol–water partition coefficient (Wildman–Crippen LogP) is 1.20. The van der Waals surface area contributed by atoms with Gasteiger partial charge in [0.15, 0.2) is 0 Å². The number of hydrogen-bond acceptors (Lipinski definition) is 4. The van der Waals surface area contributed by atoms with E-state index >= 15 is 0 Å². The van der Waals surface area contributed by atoms with Crippen molar-refractivity contribution in [1.29, 1.82) is 0 Å². The van der Waals surface area contributed by atoms with Crippen LogP contribution < -0.4 is 10.6 Å². The van der Waals surface area contributed by atoms with E-state index in [0.29, 0.717) is 0 Å². The number of piperazine rings is 1. The second-order valence-corrected chi connectivity index (χ2v) is 5.17. The lowest BCUT2D eigenvalue weighted by atomic mass is 10.2. The summed E-state index contributed by atoms with van der Waals surface area (Å²) in [5, 5.41) is 0. The van der Waals surface area contributed by atoms with E-state index in [-0.39, 0.29) is 0 Å². The molecule has 92 valence electrons. The molecule has 2 N–H and O–H groups in total. The predicted molar refractivity (Wildman–Crippen MR) is 70.0 cm³/mol. The Kier molecular flexibility index (Phi) is 2.89. The van der Waals surface area contributed by atoms with Crippen LogP contribution in [0.4, 0.5) is 11.4 Å². The summed E-state index contributed by atoms with van der Waals surface area (Å²) >= 11 is 0. The molecule has 0 radical (unpaired) electrons. The molecular formula is C13H20N4. The summed E-state index contributed by atoms with van der Waals surface area (Å²) < 4.78 is 0. The third-order valence-corrected chi connectivity index (χ3v) is 3.75. The molecule has 2 fully saturated rings. The first kappa shape index (κ1) is 10.8. The molecule has 2 aliphatic rings. The van der Waals surface area contributed by atoms with E-state index in [9.17, 15) is 0 Å². The summed E-state index contributed by atoms with van der Waals surface area (Å²) in [6.07, 6.45) is 6.45. The molecule has 17 heavy (non-hydrogen) atoms. The summed E-state index contributed by atoms with van der Waals surface area (Å²) in [6.45, 7) is 5.80. The van der Waals surface area contributed by atoms with Crippen molar-refractivity contribution in [2.75, 3.05) is 43.4 Å². The minimum Gasteiger partial charge on any atom is -0.396 e. The number of aromatic nitrogens is 1. The maximum absolute atomic E-state index is 5.96. The zero-order chi connectivity index (χ0) is 11.7. The van der Waals surface area contributed by atoms with Crippen molar-refractivity contribution in [2.45, 2.75) is 12.8 Å². The maximum Gasteiger partial charge on any atom is 0.0738 e. The van der Waals surface area contributed by atoms with Crippen LogP contribution >= 0.6 is 0 Å². The second-order valence-electron chi connectivity index (χ2n) is 5.17. The van der Waals surface area contributed by atoms with Gasteiger partial charge >= 0.3 is 0 Å². The smallest absolute Gasteiger partial charge is 0.0738 e. The number of nitrogens with zero attached hydrogens (tertiary/aromatic N) is 3. The molecule has 1 saturated carbocycles. The molecule has 4 heteroatoms. The average Bonchev–Trinajstić information content (AvgIpc) is 3.15. The first-order valence-electron chi connectivity index (χ1n) is 6.50. The van der Waals surface area contributed by atoms with Crippen molar-refractivity contribution in [3.63, 3.8) is 0 Å². The molecule has 0 spiro atoms. The van der Waals surface area contributed by atoms with E-state index in [2.05, 4.69) is 14.8 Å². The van der Waals surface area contributed by atoms with Gasteiger partial charge in [-0.15, -0.1) is 0 Å². The van der Waals surface area contributed by atoms with Crippen molar-refractivity contribution in [1.82, 2.24) is 9.88 Å². The molecule has 0 aromatic carbocycles. The number of nitrogen functional groups attached to an aromatic ring is 1. The quantitative estimate of drug-likeness (QED) is 0.850. The molecule has 3 rings (SSSR count). The fourth-order valence-electron chi connectivity index (χ4n) is 2.52. The van der Waals surface area contributed by atoms with Crippen molar-refractivity contribution >= 4 is 11.4 Å². The van der Waals surface area contributed by atoms with Crippen molar-refractivity contribution in [3.05, 3.63) is 18.5 Å². The topological polar surface area (TPSA) is 45.4 Å². The monoisotopic (exact) mass is 232 g/mol. The molecule has 1 aromatic rings. The molecular weight excluding hydrogens is 212 g/mol. The highest BCUT2D eigenvalue weighted by atomic mass is 15.3. The van der Waals surface area contributed by atoms with Gasteiger partial charge in [0.2, 0.25) is 0 Å². The van der Waals surface area contributed by atoms with Crippen LogP contribution in [0.3, 0.4) is 0 Å². The van der Waals surface area contributed by atoms with Crippen LogP contribution in [0.15, 0.2) is 18.5 Å². The summed E-state index contributed by atoms with van der Waals surface area (Å²) in [6, 6.07) is 2.02. The van der Waals surface area contributed by atoms with Crippen molar-refractivity contribution in [3.8, 4) is 0 Å². The Bertz CT molecular complexity index is 381. The van der Waals surface area contributed by atoms with Crippen LogP contribution in [0.25, 0.3) is 0 Å². The molecule has 0 bridgehead atoms. The Morgan fingerprint density at radius 2 is 2.00 bits per heavy atom. The van der Waals surface area contributed by atoms with Gasteiger partial charge in [-0.2, -0.15) is 0 Å². The van der Waals surface area contributed by atoms with Gasteiger partial charge in [0.1, 0.15) is 0 Å². The van der Waals surface area contributed by atoms with E-state index < -0.39 is 0 Å². The number of rotatable bonds is 3. The van der Waals surface area contributed by atoms with Gasteiger partial charge in [0.25, 0.3) is 0 Å². The fourth-order valence-corrected chi connectivity index (χ4v) is 2.52. The molecule has 2 heterocycles. The van der Waals surface area contributed by atoms with Gasteiger partial charge in [0, 0.05) is 38.9 Å². The molecule has 0 atom stereocenters. The van der Waals surface area contributed by atoms with E-state index in [1.807, 2.05) is 12.3 Å². The van der Waals surface area contributed by atoms with Crippen LogP contribution in [0.1, 0.15) is 12.8 Å². The molecule has 4 nitrogen and oxygen atoms in total. The van der Waals surface area contributed by atoms with Gasteiger partial charge in [0.05, 0.1) is 17.6 Å². The first-order chi connectivity index (χ1) is 8.33. The molecule has 1 saturated heterocycles. The first-order valence-corrected chi connectivity index (χ1v) is 6.50. The van der Waals surface area contributed by atoms with Crippen LogP contribution in [0.5, 0.6) is 0 Å². The van der Waals surface area contributed by atoms with Crippen LogP contribution in [0, 0.1) is 5.92 Å².